The molecule has 0 spiro atoms. The Balaban J connectivity index is 2.37. The zero-order valence-corrected chi connectivity index (χ0v) is 10.0. The maximum absolute atomic E-state index is 11.7. The van der Waals surface area contributed by atoms with Crippen LogP contribution in [0.2, 0.25) is 0 Å². The summed E-state index contributed by atoms with van der Waals surface area (Å²) in [5.74, 6) is -0.620. The fourth-order valence-electron chi connectivity index (χ4n) is 1.42. The average Bonchev–Trinajstić information content (AvgIpc) is 2.11. The second kappa shape index (κ2) is 4.82. The van der Waals surface area contributed by atoms with E-state index >= 15 is 0 Å². The van der Waals surface area contributed by atoms with Crippen molar-refractivity contribution in [2.24, 2.45) is 17.3 Å². The van der Waals surface area contributed by atoms with E-state index in [0.29, 0.717) is 5.92 Å². The molecule has 1 fully saturated rings. The van der Waals surface area contributed by atoms with Crippen molar-refractivity contribution in [2.75, 3.05) is 19.6 Å². The van der Waals surface area contributed by atoms with E-state index in [2.05, 4.69) is 10.6 Å². The molecule has 1 aliphatic heterocycles. The summed E-state index contributed by atoms with van der Waals surface area (Å²) in [6.45, 7) is 7.00. The Morgan fingerprint density at radius 2 is 2.06 bits per heavy atom. The Hall–Kier alpha value is -1.10. The lowest BCUT2D eigenvalue weighted by Gasteiger charge is -2.32. The minimum atomic E-state index is -0.909. The van der Waals surface area contributed by atoms with Gasteiger partial charge in [0.2, 0.25) is 5.91 Å². The number of aliphatic carboxylic acids is 1. The molecule has 1 heterocycles. The smallest absolute Gasteiger partial charge is 0.310 e. The van der Waals surface area contributed by atoms with Crippen molar-refractivity contribution in [3.05, 3.63) is 0 Å². The van der Waals surface area contributed by atoms with E-state index < -0.39 is 11.4 Å². The van der Waals surface area contributed by atoms with Crippen molar-refractivity contribution in [1.82, 2.24) is 10.6 Å². The lowest BCUT2D eigenvalue weighted by molar-refractivity contribution is -0.147. The third-order valence-corrected chi connectivity index (χ3v) is 3.22. The van der Waals surface area contributed by atoms with Gasteiger partial charge >= 0.3 is 5.97 Å². The van der Waals surface area contributed by atoms with E-state index in [4.69, 9.17) is 5.11 Å². The third-order valence-electron chi connectivity index (χ3n) is 3.22. The molecule has 5 nitrogen and oxygen atoms in total. The van der Waals surface area contributed by atoms with Crippen molar-refractivity contribution in [3.8, 4) is 0 Å². The first-order valence-electron chi connectivity index (χ1n) is 5.56. The standard InChI is InChI=1S/C11H20N2O3/c1-7(8-4-12-5-8)9(14)13-6-11(2,3)10(15)16/h7-8,12H,4-6H2,1-3H3,(H,13,14)(H,15,16). The van der Waals surface area contributed by atoms with Crippen LogP contribution in [0, 0.1) is 17.3 Å². The molecule has 5 heteroatoms. The van der Waals surface area contributed by atoms with Gasteiger partial charge in [-0.1, -0.05) is 6.92 Å². The quantitative estimate of drug-likeness (QED) is 0.622. The molecule has 16 heavy (non-hydrogen) atoms. The molecular formula is C11H20N2O3. The highest BCUT2D eigenvalue weighted by atomic mass is 16.4. The highest BCUT2D eigenvalue weighted by Gasteiger charge is 2.31. The van der Waals surface area contributed by atoms with Crippen LogP contribution in [-0.2, 0) is 9.59 Å². The lowest BCUT2D eigenvalue weighted by atomic mass is 9.87. The fourth-order valence-corrected chi connectivity index (χ4v) is 1.42. The van der Waals surface area contributed by atoms with Gasteiger partial charge in [0.25, 0.3) is 0 Å². The van der Waals surface area contributed by atoms with Crippen LogP contribution in [0.5, 0.6) is 0 Å². The number of hydrogen-bond acceptors (Lipinski definition) is 3. The van der Waals surface area contributed by atoms with Crippen LogP contribution in [0.1, 0.15) is 20.8 Å². The predicted octanol–water partition coefficient (Wildman–Crippen LogP) is 0.0689. The number of rotatable bonds is 5. The van der Waals surface area contributed by atoms with Gasteiger partial charge in [0, 0.05) is 12.5 Å². The summed E-state index contributed by atoms with van der Waals surface area (Å²) >= 11 is 0. The van der Waals surface area contributed by atoms with Gasteiger partial charge in [-0.15, -0.1) is 0 Å². The summed E-state index contributed by atoms with van der Waals surface area (Å²) in [7, 11) is 0. The van der Waals surface area contributed by atoms with Gasteiger partial charge in [0.05, 0.1) is 5.41 Å². The van der Waals surface area contributed by atoms with Crippen LogP contribution < -0.4 is 10.6 Å². The number of amides is 1. The molecule has 3 N–H and O–H groups in total. The van der Waals surface area contributed by atoms with E-state index in [-0.39, 0.29) is 18.4 Å². The highest BCUT2D eigenvalue weighted by Crippen LogP contribution is 2.17. The van der Waals surface area contributed by atoms with Crippen LogP contribution in [-0.4, -0.2) is 36.6 Å². The molecule has 0 saturated carbocycles. The van der Waals surface area contributed by atoms with Crippen molar-refractivity contribution in [2.45, 2.75) is 20.8 Å². The van der Waals surface area contributed by atoms with Crippen LogP contribution in [0.3, 0.4) is 0 Å². The van der Waals surface area contributed by atoms with Crippen molar-refractivity contribution in [1.29, 1.82) is 0 Å². The Kier molecular flexibility index (Phi) is 3.91. The van der Waals surface area contributed by atoms with Gasteiger partial charge in [0.1, 0.15) is 0 Å². The molecule has 1 aliphatic rings. The second-order valence-electron chi connectivity index (χ2n) is 5.11. The van der Waals surface area contributed by atoms with Crippen LogP contribution >= 0.6 is 0 Å². The maximum atomic E-state index is 11.7. The normalized spacial score (nSPS) is 18.7. The molecular weight excluding hydrogens is 208 g/mol. The van der Waals surface area contributed by atoms with Gasteiger partial charge in [-0.2, -0.15) is 0 Å². The zero-order valence-electron chi connectivity index (χ0n) is 10.0. The average molecular weight is 228 g/mol. The minimum absolute atomic E-state index is 0.0501. The lowest BCUT2D eigenvalue weighted by Crippen LogP contribution is -2.50. The summed E-state index contributed by atoms with van der Waals surface area (Å²) in [6.07, 6.45) is 0. The number of carboxylic acids is 1. The molecule has 1 amide bonds. The number of carbonyl (C=O) groups excluding carboxylic acids is 1. The highest BCUT2D eigenvalue weighted by molar-refractivity contribution is 5.80. The van der Waals surface area contributed by atoms with Gasteiger partial charge in [0.15, 0.2) is 0 Å². The van der Waals surface area contributed by atoms with Gasteiger partial charge in [-0.25, -0.2) is 0 Å². The van der Waals surface area contributed by atoms with Crippen LogP contribution in [0.15, 0.2) is 0 Å². The largest absolute Gasteiger partial charge is 0.481 e. The molecule has 0 aromatic rings. The molecule has 92 valence electrons. The van der Waals surface area contributed by atoms with Crippen molar-refractivity contribution in [3.63, 3.8) is 0 Å². The first kappa shape index (κ1) is 13.0. The molecule has 0 aromatic heterocycles. The molecule has 0 radical (unpaired) electrons. The molecule has 0 aliphatic carbocycles. The first-order chi connectivity index (χ1) is 7.34. The van der Waals surface area contributed by atoms with Crippen LogP contribution in [0.25, 0.3) is 0 Å². The van der Waals surface area contributed by atoms with Gasteiger partial charge in [-0.05, 0) is 32.9 Å². The van der Waals surface area contributed by atoms with E-state index in [1.54, 1.807) is 13.8 Å². The Morgan fingerprint density at radius 3 is 2.44 bits per heavy atom. The van der Waals surface area contributed by atoms with Crippen molar-refractivity contribution >= 4 is 11.9 Å². The monoisotopic (exact) mass is 228 g/mol. The molecule has 0 aromatic carbocycles. The Bertz CT molecular complexity index is 285. The van der Waals surface area contributed by atoms with Gasteiger partial charge < -0.3 is 15.7 Å². The van der Waals surface area contributed by atoms with Gasteiger partial charge in [-0.3, -0.25) is 9.59 Å². The van der Waals surface area contributed by atoms with E-state index in [9.17, 15) is 9.59 Å². The summed E-state index contributed by atoms with van der Waals surface area (Å²) in [4.78, 5) is 22.6. The molecule has 1 saturated heterocycles. The summed E-state index contributed by atoms with van der Waals surface area (Å²) in [6, 6.07) is 0. The minimum Gasteiger partial charge on any atom is -0.481 e. The Labute approximate surface area is 95.6 Å². The summed E-state index contributed by atoms with van der Waals surface area (Å²) in [5.41, 5.74) is -0.909. The number of hydrogen-bond donors (Lipinski definition) is 3. The molecule has 1 unspecified atom stereocenters. The van der Waals surface area contributed by atoms with E-state index in [0.717, 1.165) is 13.1 Å². The predicted molar refractivity (Wildman–Crippen MR) is 60.0 cm³/mol. The first-order valence-corrected chi connectivity index (χ1v) is 5.56. The molecule has 1 atom stereocenters. The number of nitrogens with one attached hydrogen (secondary N) is 2. The number of carboxylic acid groups (broad SMARTS) is 1. The molecule has 0 bridgehead atoms. The maximum Gasteiger partial charge on any atom is 0.310 e. The second-order valence-corrected chi connectivity index (χ2v) is 5.11. The van der Waals surface area contributed by atoms with Crippen molar-refractivity contribution < 1.29 is 14.7 Å². The SMILES string of the molecule is CC(C(=O)NCC(C)(C)C(=O)O)C1CNC1. The van der Waals surface area contributed by atoms with E-state index in [1.807, 2.05) is 6.92 Å². The summed E-state index contributed by atoms with van der Waals surface area (Å²) < 4.78 is 0. The number of carbonyl (C=O) groups is 2. The topological polar surface area (TPSA) is 78.4 Å². The Morgan fingerprint density at radius 1 is 1.50 bits per heavy atom. The van der Waals surface area contributed by atoms with Crippen LogP contribution in [0.4, 0.5) is 0 Å². The zero-order chi connectivity index (χ0) is 12.3. The summed E-state index contributed by atoms with van der Waals surface area (Å²) in [5, 5.41) is 14.7. The molecule has 1 rings (SSSR count). The third kappa shape index (κ3) is 2.95. The fraction of sp³-hybridized carbons (Fsp3) is 0.818. The van der Waals surface area contributed by atoms with E-state index in [1.165, 1.54) is 0 Å².